The molecular formula is C19H20N4O3S2. The maximum absolute atomic E-state index is 13.3. The minimum atomic E-state index is -3.86. The van der Waals surface area contributed by atoms with Gasteiger partial charge in [0.1, 0.15) is 22.0 Å². The lowest BCUT2D eigenvalue weighted by atomic mass is 10.1. The molecule has 0 radical (unpaired) electrons. The van der Waals surface area contributed by atoms with E-state index in [1.165, 1.54) is 10.4 Å². The maximum Gasteiger partial charge on any atom is 0.246 e. The number of fused-ring (bicyclic) bond motifs is 1. The van der Waals surface area contributed by atoms with Crippen LogP contribution in [0, 0.1) is 13.8 Å². The lowest BCUT2D eigenvalue weighted by Gasteiger charge is -2.23. The van der Waals surface area contributed by atoms with Crippen molar-refractivity contribution < 1.29 is 13.2 Å². The van der Waals surface area contributed by atoms with E-state index in [1.54, 1.807) is 12.1 Å². The summed E-state index contributed by atoms with van der Waals surface area (Å²) < 4.78 is 36.2. The van der Waals surface area contributed by atoms with E-state index in [0.29, 0.717) is 36.1 Å². The Hall–Kier alpha value is -2.36. The van der Waals surface area contributed by atoms with E-state index in [2.05, 4.69) is 14.1 Å². The summed E-state index contributed by atoms with van der Waals surface area (Å²) in [5, 5.41) is 2.88. The normalized spacial score (nSPS) is 17.9. The van der Waals surface area contributed by atoms with Crippen LogP contribution in [0.2, 0.25) is 0 Å². The van der Waals surface area contributed by atoms with Crippen molar-refractivity contribution in [3.05, 3.63) is 47.5 Å². The number of anilines is 1. The van der Waals surface area contributed by atoms with E-state index < -0.39 is 16.1 Å². The van der Waals surface area contributed by atoms with Gasteiger partial charge in [0.2, 0.25) is 15.9 Å². The van der Waals surface area contributed by atoms with Crippen LogP contribution in [0.25, 0.3) is 11.0 Å². The van der Waals surface area contributed by atoms with Gasteiger partial charge in [0, 0.05) is 12.2 Å². The second-order valence-corrected chi connectivity index (χ2v) is 9.41. The standard InChI is InChI=1S/C19H20N4O3S2/c1-12-9-13(2)11-14(10-12)20-19(24)16-6-4-8-23(16)28(25,26)17-7-3-5-15-18(17)22-27-21-15/h3,5,7,9-11,16H,4,6,8H2,1-2H3,(H,20,24)/t16-/m0/s1. The van der Waals surface area contributed by atoms with Gasteiger partial charge in [-0.1, -0.05) is 12.1 Å². The van der Waals surface area contributed by atoms with E-state index in [-0.39, 0.29) is 10.8 Å². The largest absolute Gasteiger partial charge is 0.325 e. The van der Waals surface area contributed by atoms with Crippen LogP contribution in [0.5, 0.6) is 0 Å². The quantitative estimate of drug-likeness (QED) is 0.706. The first-order valence-electron chi connectivity index (χ1n) is 8.98. The van der Waals surface area contributed by atoms with Gasteiger partial charge in [-0.3, -0.25) is 4.79 Å². The topological polar surface area (TPSA) is 92.3 Å². The molecule has 1 amide bonds. The van der Waals surface area contributed by atoms with E-state index >= 15 is 0 Å². The third-order valence-electron chi connectivity index (χ3n) is 4.83. The van der Waals surface area contributed by atoms with Crippen molar-refractivity contribution in [3.8, 4) is 0 Å². The number of hydrogen-bond donors (Lipinski definition) is 1. The molecule has 2 aromatic carbocycles. The number of sulfonamides is 1. The molecular weight excluding hydrogens is 396 g/mol. The number of nitrogens with zero attached hydrogens (tertiary/aromatic N) is 3. The number of carbonyl (C=O) groups excluding carboxylic acids is 1. The highest BCUT2D eigenvalue weighted by atomic mass is 32.2. The Balaban J connectivity index is 1.64. The number of aromatic nitrogens is 2. The molecule has 1 aliphatic rings. The van der Waals surface area contributed by atoms with Gasteiger partial charge >= 0.3 is 0 Å². The molecule has 7 nitrogen and oxygen atoms in total. The van der Waals surface area contributed by atoms with Crippen molar-refractivity contribution >= 4 is 44.4 Å². The predicted molar refractivity (Wildman–Crippen MR) is 109 cm³/mol. The zero-order chi connectivity index (χ0) is 19.9. The second-order valence-electron chi connectivity index (χ2n) is 7.03. The van der Waals surface area contributed by atoms with Gasteiger partial charge in [-0.25, -0.2) is 8.42 Å². The number of nitrogens with one attached hydrogen (secondary N) is 1. The van der Waals surface area contributed by atoms with Crippen molar-refractivity contribution in [1.29, 1.82) is 0 Å². The van der Waals surface area contributed by atoms with Gasteiger partial charge in [-0.05, 0) is 62.1 Å². The molecule has 9 heteroatoms. The summed E-state index contributed by atoms with van der Waals surface area (Å²) >= 11 is 0.975. The smallest absolute Gasteiger partial charge is 0.246 e. The Morgan fingerprint density at radius 2 is 1.93 bits per heavy atom. The fraction of sp³-hybridized carbons (Fsp3) is 0.316. The molecule has 1 N–H and O–H groups in total. The minimum Gasteiger partial charge on any atom is -0.325 e. The van der Waals surface area contributed by atoms with Gasteiger partial charge in [0.15, 0.2) is 0 Å². The molecule has 3 aromatic rings. The average molecular weight is 417 g/mol. The highest BCUT2D eigenvalue weighted by Gasteiger charge is 2.40. The van der Waals surface area contributed by atoms with E-state index in [1.807, 2.05) is 32.0 Å². The Kier molecular flexibility index (Phi) is 4.90. The highest BCUT2D eigenvalue weighted by molar-refractivity contribution is 7.89. The van der Waals surface area contributed by atoms with Crippen molar-refractivity contribution in [2.45, 2.75) is 37.6 Å². The summed E-state index contributed by atoms with van der Waals surface area (Å²) in [6.45, 7) is 4.22. The highest BCUT2D eigenvalue weighted by Crippen LogP contribution is 2.30. The molecule has 146 valence electrons. The zero-order valence-corrected chi connectivity index (χ0v) is 17.2. The molecule has 4 rings (SSSR count). The molecule has 0 bridgehead atoms. The summed E-state index contributed by atoms with van der Waals surface area (Å²) in [4.78, 5) is 13.0. The molecule has 28 heavy (non-hydrogen) atoms. The summed E-state index contributed by atoms with van der Waals surface area (Å²) in [5.74, 6) is -0.311. The first-order chi connectivity index (χ1) is 13.4. The monoisotopic (exact) mass is 416 g/mol. The van der Waals surface area contributed by atoms with Gasteiger partial charge in [-0.2, -0.15) is 13.1 Å². The van der Waals surface area contributed by atoms with Crippen LogP contribution in [0.4, 0.5) is 5.69 Å². The Morgan fingerprint density at radius 3 is 2.68 bits per heavy atom. The average Bonchev–Trinajstić information content (AvgIpc) is 3.30. The van der Waals surface area contributed by atoms with E-state index in [9.17, 15) is 13.2 Å². The lowest BCUT2D eigenvalue weighted by Crippen LogP contribution is -2.43. The summed E-state index contributed by atoms with van der Waals surface area (Å²) in [5.41, 5.74) is 3.65. The van der Waals surface area contributed by atoms with Gasteiger partial charge in [-0.15, -0.1) is 0 Å². The van der Waals surface area contributed by atoms with Crippen LogP contribution in [-0.2, 0) is 14.8 Å². The fourth-order valence-corrected chi connectivity index (χ4v) is 6.09. The molecule has 0 aliphatic carbocycles. The summed E-state index contributed by atoms with van der Waals surface area (Å²) in [6, 6.07) is 9.93. The molecule has 1 fully saturated rings. The molecule has 1 atom stereocenters. The van der Waals surface area contributed by atoms with E-state index in [4.69, 9.17) is 0 Å². The zero-order valence-electron chi connectivity index (χ0n) is 15.5. The first-order valence-corrected chi connectivity index (χ1v) is 11.2. The number of amides is 1. The molecule has 1 aliphatic heterocycles. The molecule has 1 aromatic heterocycles. The molecule has 1 saturated heterocycles. The van der Waals surface area contributed by atoms with Gasteiger partial charge in [0.25, 0.3) is 0 Å². The molecule has 0 spiro atoms. The number of hydrogen-bond acceptors (Lipinski definition) is 6. The Labute approximate surface area is 167 Å². The lowest BCUT2D eigenvalue weighted by molar-refractivity contribution is -0.119. The van der Waals surface area contributed by atoms with Crippen molar-refractivity contribution in [2.24, 2.45) is 0 Å². The van der Waals surface area contributed by atoms with Gasteiger partial charge in [0.05, 0.1) is 11.7 Å². The fourth-order valence-electron chi connectivity index (χ4n) is 3.68. The molecule has 2 heterocycles. The van der Waals surface area contributed by atoms with Crippen molar-refractivity contribution in [3.63, 3.8) is 0 Å². The minimum absolute atomic E-state index is 0.102. The number of aryl methyl sites for hydroxylation is 2. The van der Waals surface area contributed by atoms with Crippen LogP contribution in [0.3, 0.4) is 0 Å². The van der Waals surface area contributed by atoms with Gasteiger partial charge < -0.3 is 5.32 Å². The third-order valence-corrected chi connectivity index (χ3v) is 7.31. The Morgan fingerprint density at radius 1 is 1.18 bits per heavy atom. The third kappa shape index (κ3) is 3.41. The van der Waals surface area contributed by atoms with Crippen LogP contribution in [0.15, 0.2) is 41.3 Å². The van der Waals surface area contributed by atoms with E-state index in [0.717, 1.165) is 22.9 Å². The van der Waals surface area contributed by atoms with Crippen LogP contribution >= 0.6 is 11.7 Å². The van der Waals surface area contributed by atoms with Crippen molar-refractivity contribution in [2.75, 3.05) is 11.9 Å². The van der Waals surface area contributed by atoms with Crippen LogP contribution < -0.4 is 5.32 Å². The summed E-state index contributed by atoms with van der Waals surface area (Å²) in [7, 11) is -3.86. The predicted octanol–water partition coefficient (Wildman–Crippen LogP) is 3.10. The maximum atomic E-state index is 13.3. The van der Waals surface area contributed by atoms with Crippen LogP contribution in [-0.4, -0.2) is 40.0 Å². The summed E-state index contributed by atoms with van der Waals surface area (Å²) in [6.07, 6.45) is 1.12. The first kappa shape index (κ1) is 19.0. The second kappa shape index (κ2) is 7.23. The number of rotatable bonds is 4. The van der Waals surface area contributed by atoms with Crippen LogP contribution in [0.1, 0.15) is 24.0 Å². The van der Waals surface area contributed by atoms with Crippen molar-refractivity contribution in [1.82, 2.24) is 13.1 Å². The molecule has 0 saturated carbocycles. The number of carbonyl (C=O) groups is 1. The molecule has 0 unspecified atom stereocenters. The Bertz CT molecular complexity index is 1140. The number of benzene rings is 2. The SMILES string of the molecule is Cc1cc(C)cc(NC(=O)[C@@H]2CCCN2S(=O)(=O)c2cccc3nsnc23)c1.